The highest BCUT2D eigenvalue weighted by molar-refractivity contribution is 7.99. The zero-order valence-corrected chi connectivity index (χ0v) is 31.4. The van der Waals surface area contributed by atoms with Crippen LogP contribution in [-0.2, 0) is 5.41 Å². The molecule has 0 aromatic heterocycles. The van der Waals surface area contributed by atoms with Gasteiger partial charge in [0.2, 0.25) is 0 Å². The van der Waals surface area contributed by atoms with Crippen molar-refractivity contribution in [2.75, 3.05) is 9.80 Å². The smallest absolute Gasteiger partial charge is 0.0743 e. The molecule has 0 bridgehead atoms. The van der Waals surface area contributed by atoms with Crippen LogP contribution in [0.4, 0.5) is 34.1 Å². The molecule has 0 amide bonds. The van der Waals surface area contributed by atoms with E-state index >= 15 is 0 Å². The van der Waals surface area contributed by atoms with Crippen molar-refractivity contribution >= 4 is 56.7 Å². The molecule has 56 heavy (non-hydrogen) atoms. The summed E-state index contributed by atoms with van der Waals surface area (Å²) in [6, 6.07) is 79.9. The topological polar surface area (TPSA) is 6.48 Å². The van der Waals surface area contributed by atoms with E-state index in [1.54, 1.807) is 0 Å². The molecule has 1 heterocycles. The van der Waals surface area contributed by atoms with Crippen molar-refractivity contribution in [3.8, 4) is 11.1 Å². The molecule has 2 aliphatic rings. The van der Waals surface area contributed by atoms with Gasteiger partial charge in [0.15, 0.2) is 0 Å². The summed E-state index contributed by atoms with van der Waals surface area (Å²) in [5.74, 6) is 0. The van der Waals surface area contributed by atoms with Gasteiger partial charge in [-0.05, 0) is 105 Å². The van der Waals surface area contributed by atoms with Gasteiger partial charge in [-0.2, -0.15) is 0 Å². The average Bonchev–Trinajstić information content (AvgIpc) is 3.56. The summed E-state index contributed by atoms with van der Waals surface area (Å²) in [4.78, 5) is 7.40. The lowest BCUT2D eigenvalue weighted by Gasteiger charge is -2.42. The minimum atomic E-state index is -0.604. The SMILES string of the molecule is c1ccc(N(c2ccccc2)c2cccc3c2Sc2ccc4ccccc4c2C32c3ccccc3-c3c(N(c4ccccc4)c4ccccc4)cccc32)cc1. The molecule has 0 saturated heterocycles. The normalized spacial score (nSPS) is 14.8. The second-order valence-electron chi connectivity index (χ2n) is 14.4. The van der Waals surface area contributed by atoms with Gasteiger partial charge in [-0.1, -0.05) is 163 Å². The van der Waals surface area contributed by atoms with E-state index < -0.39 is 5.41 Å². The van der Waals surface area contributed by atoms with Crippen LogP contribution >= 0.6 is 11.8 Å². The van der Waals surface area contributed by atoms with Crippen molar-refractivity contribution in [1.29, 1.82) is 0 Å². The molecule has 1 aliphatic carbocycles. The lowest BCUT2D eigenvalue weighted by molar-refractivity contribution is 0.730. The highest BCUT2D eigenvalue weighted by atomic mass is 32.2. The minimum Gasteiger partial charge on any atom is -0.310 e. The van der Waals surface area contributed by atoms with E-state index in [9.17, 15) is 0 Å². The summed E-state index contributed by atoms with van der Waals surface area (Å²) in [5.41, 5.74) is 14.0. The minimum absolute atomic E-state index is 0.604. The number of nitrogens with zero attached hydrogens (tertiary/aromatic N) is 2. The van der Waals surface area contributed by atoms with E-state index in [4.69, 9.17) is 0 Å². The summed E-state index contributed by atoms with van der Waals surface area (Å²) in [5, 5.41) is 2.53. The molecule has 0 N–H and O–H groups in total. The van der Waals surface area contributed by atoms with Gasteiger partial charge >= 0.3 is 0 Å². The largest absolute Gasteiger partial charge is 0.310 e. The van der Waals surface area contributed by atoms with E-state index in [1.165, 1.54) is 59.6 Å². The number of hydrogen-bond acceptors (Lipinski definition) is 3. The predicted molar refractivity (Wildman–Crippen MR) is 235 cm³/mol. The lowest BCUT2D eigenvalue weighted by atomic mass is 9.66. The van der Waals surface area contributed by atoms with Crippen molar-refractivity contribution in [3.05, 3.63) is 241 Å². The van der Waals surface area contributed by atoms with Gasteiger partial charge in [0.1, 0.15) is 0 Å². The summed E-state index contributed by atoms with van der Waals surface area (Å²) in [6.45, 7) is 0. The number of hydrogen-bond donors (Lipinski definition) is 0. The van der Waals surface area contributed by atoms with Crippen LogP contribution in [0.2, 0.25) is 0 Å². The summed E-state index contributed by atoms with van der Waals surface area (Å²) < 4.78 is 0. The molecule has 1 aliphatic heterocycles. The van der Waals surface area contributed by atoms with Crippen LogP contribution in [0.1, 0.15) is 22.3 Å². The third kappa shape index (κ3) is 4.84. The fraction of sp³-hybridized carbons (Fsp3) is 0.0189. The molecule has 9 aromatic rings. The Morgan fingerprint density at radius 2 is 0.839 bits per heavy atom. The Balaban J connectivity index is 1.27. The van der Waals surface area contributed by atoms with Gasteiger partial charge in [-0.25, -0.2) is 0 Å². The van der Waals surface area contributed by atoms with Gasteiger partial charge in [0.05, 0.1) is 16.8 Å². The van der Waals surface area contributed by atoms with E-state index in [2.05, 4.69) is 228 Å². The molecular weight excluding hydrogens is 697 g/mol. The molecule has 2 nitrogen and oxygen atoms in total. The number of fused-ring (bicyclic) bond motifs is 11. The van der Waals surface area contributed by atoms with Gasteiger partial charge < -0.3 is 9.80 Å². The van der Waals surface area contributed by atoms with Crippen molar-refractivity contribution in [2.24, 2.45) is 0 Å². The Kier molecular flexibility index (Phi) is 7.68. The molecule has 0 fully saturated rings. The van der Waals surface area contributed by atoms with Crippen LogP contribution in [0.25, 0.3) is 21.9 Å². The average molecular weight is 733 g/mol. The molecule has 9 aromatic carbocycles. The molecule has 11 rings (SSSR count). The van der Waals surface area contributed by atoms with Crippen LogP contribution < -0.4 is 9.80 Å². The first kappa shape index (κ1) is 32.6. The number of benzene rings is 9. The molecule has 3 heteroatoms. The molecule has 0 radical (unpaired) electrons. The predicted octanol–water partition coefficient (Wildman–Crippen LogP) is 14.6. The lowest BCUT2D eigenvalue weighted by Crippen LogP contribution is -2.33. The van der Waals surface area contributed by atoms with Crippen LogP contribution in [0, 0.1) is 0 Å². The Morgan fingerprint density at radius 3 is 1.46 bits per heavy atom. The standard InChI is InChI=1S/C53H36N2S/c1-5-20-38(21-6-1)54(39-22-7-2-8-23-39)47-33-17-31-45-50(47)43-29-15-16-30-44(43)53(45)46-32-18-34-48(55(40-24-9-3-10-25-40)41-26-11-4-12-27-41)52(46)56-49-36-35-37-19-13-14-28-42(37)51(49)53/h1-36H. The van der Waals surface area contributed by atoms with Gasteiger partial charge in [0, 0.05) is 38.1 Å². The molecular formula is C53H36N2S. The quantitative estimate of drug-likeness (QED) is 0.168. The number of para-hydroxylation sites is 4. The molecule has 1 unspecified atom stereocenters. The van der Waals surface area contributed by atoms with Crippen molar-refractivity contribution < 1.29 is 0 Å². The second-order valence-corrected chi connectivity index (χ2v) is 15.5. The number of rotatable bonds is 6. The Bertz CT molecular complexity index is 2810. The van der Waals surface area contributed by atoms with E-state index in [0.29, 0.717) is 0 Å². The Morgan fingerprint density at radius 1 is 0.357 bits per heavy atom. The third-order valence-corrected chi connectivity index (χ3v) is 12.7. The van der Waals surface area contributed by atoms with E-state index in [0.717, 1.165) is 28.4 Å². The van der Waals surface area contributed by atoms with Crippen LogP contribution in [-0.4, -0.2) is 0 Å². The van der Waals surface area contributed by atoms with Crippen LogP contribution in [0.15, 0.2) is 228 Å². The van der Waals surface area contributed by atoms with Crippen LogP contribution in [0.3, 0.4) is 0 Å². The van der Waals surface area contributed by atoms with Crippen molar-refractivity contribution in [3.63, 3.8) is 0 Å². The zero-order chi connectivity index (χ0) is 37.1. The Hall–Kier alpha value is -6.81. The Labute approximate surface area is 332 Å². The zero-order valence-electron chi connectivity index (χ0n) is 30.6. The highest BCUT2D eigenvalue weighted by Crippen LogP contribution is 2.66. The second kappa shape index (κ2) is 13.2. The van der Waals surface area contributed by atoms with Crippen molar-refractivity contribution in [1.82, 2.24) is 0 Å². The third-order valence-electron chi connectivity index (χ3n) is 11.5. The maximum atomic E-state index is 2.43. The monoisotopic (exact) mass is 732 g/mol. The van der Waals surface area contributed by atoms with Crippen molar-refractivity contribution in [2.45, 2.75) is 15.2 Å². The summed E-state index contributed by atoms with van der Waals surface area (Å²) in [6.07, 6.45) is 0. The van der Waals surface area contributed by atoms with Crippen LogP contribution in [0.5, 0.6) is 0 Å². The maximum Gasteiger partial charge on any atom is 0.0743 e. The highest BCUT2D eigenvalue weighted by Gasteiger charge is 2.52. The van der Waals surface area contributed by atoms with E-state index in [1.807, 2.05) is 11.8 Å². The summed E-state index contributed by atoms with van der Waals surface area (Å²) in [7, 11) is 0. The fourth-order valence-corrected chi connectivity index (χ4v) is 10.6. The molecule has 0 saturated carbocycles. The van der Waals surface area contributed by atoms with Gasteiger partial charge in [0.25, 0.3) is 0 Å². The first-order valence-electron chi connectivity index (χ1n) is 19.2. The molecule has 264 valence electrons. The number of anilines is 6. The van der Waals surface area contributed by atoms with Gasteiger partial charge in [-0.3, -0.25) is 0 Å². The fourth-order valence-electron chi connectivity index (χ4n) is 9.29. The van der Waals surface area contributed by atoms with Gasteiger partial charge in [-0.15, -0.1) is 0 Å². The maximum absolute atomic E-state index is 2.43. The first-order valence-corrected chi connectivity index (χ1v) is 20.0. The molecule has 1 spiro atoms. The molecule has 1 atom stereocenters. The first-order chi connectivity index (χ1) is 27.8. The van der Waals surface area contributed by atoms with E-state index in [-0.39, 0.29) is 0 Å². The summed E-state index contributed by atoms with van der Waals surface area (Å²) >= 11 is 1.90.